The Labute approximate surface area is 163 Å². The van der Waals surface area contributed by atoms with E-state index in [2.05, 4.69) is 20.3 Å². The number of amides is 2. The molecule has 1 unspecified atom stereocenters. The molecule has 2 aromatic rings. The van der Waals surface area contributed by atoms with Crippen molar-refractivity contribution in [3.63, 3.8) is 0 Å². The molecule has 1 aliphatic carbocycles. The van der Waals surface area contributed by atoms with Gasteiger partial charge in [0, 0.05) is 26.3 Å². The molecule has 0 radical (unpaired) electrons. The Kier molecular flexibility index (Phi) is 4.74. The van der Waals surface area contributed by atoms with Crippen molar-refractivity contribution < 1.29 is 9.59 Å². The van der Waals surface area contributed by atoms with Crippen molar-refractivity contribution in [2.24, 2.45) is 0 Å². The molecular weight excluding hydrogens is 358 g/mol. The van der Waals surface area contributed by atoms with Crippen LogP contribution in [0.3, 0.4) is 0 Å². The molecule has 1 saturated carbocycles. The molecule has 28 heavy (non-hydrogen) atoms. The van der Waals surface area contributed by atoms with E-state index in [1.54, 1.807) is 37.5 Å². The molecule has 1 N–H and O–H groups in total. The highest BCUT2D eigenvalue weighted by atomic mass is 16.2. The standard InChI is InChI=1S/C19H25N7O2/c1-4-14-18(28)24(3)15-11-21-19(25-10-9-13(23-25)17(27)20-2)22-16(15)26(14)12-7-5-6-8-12/h9-12,14H,4-8H2,1-3H3,(H,20,27). The first-order valence-corrected chi connectivity index (χ1v) is 9.76. The lowest BCUT2D eigenvalue weighted by Crippen LogP contribution is -2.55. The number of nitrogens with one attached hydrogen (secondary N) is 1. The summed E-state index contributed by atoms with van der Waals surface area (Å²) < 4.78 is 1.50. The maximum atomic E-state index is 12.9. The summed E-state index contributed by atoms with van der Waals surface area (Å²) in [6, 6.07) is 1.71. The highest BCUT2D eigenvalue weighted by Gasteiger charge is 2.41. The second kappa shape index (κ2) is 7.21. The number of carbonyl (C=O) groups is 2. The first-order chi connectivity index (χ1) is 13.5. The van der Waals surface area contributed by atoms with E-state index in [0.29, 0.717) is 23.4 Å². The van der Waals surface area contributed by atoms with Gasteiger partial charge in [0.1, 0.15) is 11.7 Å². The normalized spacial score (nSPS) is 19.8. The van der Waals surface area contributed by atoms with Gasteiger partial charge in [-0.25, -0.2) is 9.67 Å². The smallest absolute Gasteiger partial charge is 0.271 e. The number of likely N-dealkylation sites (N-methyl/N-ethyl adjacent to an activating group) is 1. The zero-order chi connectivity index (χ0) is 19.8. The first-order valence-electron chi connectivity index (χ1n) is 9.76. The summed E-state index contributed by atoms with van der Waals surface area (Å²) in [6.45, 7) is 2.04. The average molecular weight is 383 g/mol. The van der Waals surface area contributed by atoms with Gasteiger partial charge in [-0.3, -0.25) is 9.59 Å². The van der Waals surface area contributed by atoms with Crippen LogP contribution < -0.4 is 15.1 Å². The number of hydrogen-bond donors (Lipinski definition) is 1. The van der Waals surface area contributed by atoms with E-state index < -0.39 is 0 Å². The van der Waals surface area contributed by atoms with Crippen molar-refractivity contribution in [1.29, 1.82) is 0 Å². The zero-order valence-corrected chi connectivity index (χ0v) is 16.4. The van der Waals surface area contributed by atoms with Gasteiger partial charge in [-0.15, -0.1) is 0 Å². The summed E-state index contributed by atoms with van der Waals surface area (Å²) in [5.41, 5.74) is 1.01. The lowest BCUT2D eigenvalue weighted by atomic mass is 10.0. The summed E-state index contributed by atoms with van der Waals surface area (Å²) in [6.07, 6.45) is 8.53. The third-order valence-electron chi connectivity index (χ3n) is 5.65. The highest BCUT2D eigenvalue weighted by molar-refractivity contribution is 6.04. The predicted molar refractivity (Wildman–Crippen MR) is 105 cm³/mol. The predicted octanol–water partition coefficient (Wildman–Crippen LogP) is 1.53. The maximum Gasteiger partial charge on any atom is 0.271 e. The minimum Gasteiger partial charge on any atom is -0.354 e. The van der Waals surface area contributed by atoms with Crippen LogP contribution >= 0.6 is 0 Å². The molecule has 3 heterocycles. The van der Waals surface area contributed by atoms with E-state index >= 15 is 0 Å². The van der Waals surface area contributed by atoms with Gasteiger partial charge < -0.3 is 15.1 Å². The van der Waals surface area contributed by atoms with Crippen LogP contribution in [-0.4, -0.2) is 57.7 Å². The number of carbonyl (C=O) groups excluding carboxylic acids is 2. The molecule has 2 amide bonds. The van der Waals surface area contributed by atoms with Crippen LogP contribution in [0.4, 0.5) is 11.5 Å². The summed E-state index contributed by atoms with van der Waals surface area (Å²) in [7, 11) is 3.34. The molecule has 0 saturated heterocycles. The van der Waals surface area contributed by atoms with E-state index in [9.17, 15) is 9.59 Å². The topological polar surface area (TPSA) is 96.2 Å². The molecule has 9 heteroatoms. The lowest BCUT2D eigenvalue weighted by Gasteiger charge is -2.43. The maximum absolute atomic E-state index is 12.9. The molecule has 0 spiro atoms. The Morgan fingerprint density at radius 2 is 2.07 bits per heavy atom. The number of nitrogens with zero attached hydrogens (tertiary/aromatic N) is 6. The van der Waals surface area contributed by atoms with Crippen LogP contribution in [0, 0.1) is 0 Å². The quantitative estimate of drug-likeness (QED) is 0.860. The Hall–Kier alpha value is -2.97. The lowest BCUT2D eigenvalue weighted by molar-refractivity contribution is -0.120. The zero-order valence-electron chi connectivity index (χ0n) is 16.4. The van der Waals surface area contributed by atoms with E-state index in [1.165, 1.54) is 17.5 Å². The third kappa shape index (κ3) is 2.90. The fourth-order valence-electron chi connectivity index (χ4n) is 4.17. The van der Waals surface area contributed by atoms with Crippen LogP contribution in [0.1, 0.15) is 49.5 Å². The molecule has 1 fully saturated rings. The van der Waals surface area contributed by atoms with Gasteiger partial charge in [0.25, 0.3) is 11.9 Å². The summed E-state index contributed by atoms with van der Waals surface area (Å²) in [5, 5.41) is 6.83. The number of rotatable bonds is 4. The van der Waals surface area contributed by atoms with Gasteiger partial charge in [-0.05, 0) is 25.3 Å². The van der Waals surface area contributed by atoms with Crippen molar-refractivity contribution in [1.82, 2.24) is 25.1 Å². The monoisotopic (exact) mass is 383 g/mol. The molecule has 148 valence electrons. The van der Waals surface area contributed by atoms with E-state index in [4.69, 9.17) is 4.98 Å². The Bertz CT molecular complexity index is 903. The summed E-state index contributed by atoms with van der Waals surface area (Å²) >= 11 is 0. The van der Waals surface area contributed by atoms with Crippen molar-refractivity contribution >= 4 is 23.3 Å². The van der Waals surface area contributed by atoms with E-state index in [0.717, 1.165) is 25.1 Å². The van der Waals surface area contributed by atoms with Gasteiger partial charge in [-0.2, -0.15) is 10.1 Å². The van der Waals surface area contributed by atoms with Crippen molar-refractivity contribution in [2.75, 3.05) is 23.9 Å². The van der Waals surface area contributed by atoms with Crippen LogP contribution in [-0.2, 0) is 4.79 Å². The van der Waals surface area contributed by atoms with Gasteiger partial charge in [0.15, 0.2) is 11.5 Å². The Morgan fingerprint density at radius 3 is 2.75 bits per heavy atom. The Morgan fingerprint density at radius 1 is 1.32 bits per heavy atom. The largest absolute Gasteiger partial charge is 0.354 e. The molecule has 4 rings (SSSR count). The molecule has 0 aromatic carbocycles. The van der Waals surface area contributed by atoms with Crippen molar-refractivity contribution in [3.8, 4) is 5.95 Å². The molecular formula is C19H25N7O2. The van der Waals surface area contributed by atoms with Crippen LogP contribution in [0.5, 0.6) is 0 Å². The summed E-state index contributed by atoms with van der Waals surface area (Å²) in [5.74, 6) is 0.970. The summed E-state index contributed by atoms with van der Waals surface area (Å²) in [4.78, 5) is 37.7. The van der Waals surface area contributed by atoms with E-state index in [1.807, 2.05) is 6.92 Å². The highest BCUT2D eigenvalue weighted by Crippen LogP contribution is 2.39. The van der Waals surface area contributed by atoms with E-state index in [-0.39, 0.29) is 17.9 Å². The van der Waals surface area contributed by atoms with Gasteiger partial charge in [-0.1, -0.05) is 19.8 Å². The number of fused-ring (bicyclic) bond motifs is 1. The first kappa shape index (κ1) is 18.4. The molecule has 9 nitrogen and oxygen atoms in total. The number of aromatic nitrogens is 4. The number of anilines is 2. The fourth-order valence-corrected chi connectivity index (χ4v) is 4.17. The van der Waals surface area contributed by atoms with Crippen LogP contribution in [0.15, 0.2) is 18.5 Å². The number of hydrogen-bond acceptors (Lipinski definition) is 6. The van der Waals surface area contributed by atoms with Gasteiger partial charge in [0.05, 0.1) is 6.20 Å². The molecule has 1 atom stereocenters. The molecule has 0 bridgehead atoms. The second-order valence-electron chi connectivity index (χ2n) is 7.27. The van der Waals surface area contributed by atoms with Crippen molar-refractivity contribution in [2.45, 2.75) is 51.1 Å². The molecule has 2 aliphatic rings. The minimum atomic E-state index is -0.263. The van der Waals surface area contributed by atoms with Gasteiger partial charge >= 0.3 is 0 Å². The Balaban J connectivity index is 1.78. The van der Waals surface area contributed by atoms with Crippen LogP contribution in [0.2, 0.25) is 0 Å². The molecule has 1 aliphatic heterocycles. The molecule has 2 aromatic heterocycles. The second-order valence-corrected chi connectivity index (χ2v) is 7.27. The average Bonchev–Trinajstić information content (AvgIpc) is 3.41. The third-order valence-corrected chi connectivity index (χ3v) is 5.65. The van der Waals surface area contributed by atoms with Gasteiger partial charge in [0.2, 0.25) is 5.91 Å². The fraction of sp³-hybridized carbons (Fsp3) is 0.526. The minimum absolute atomic E-state index is 0.0826. The SMILES string of the molecule is CCC1C(=O)N(C)c2cnc(-n3ccc(C(=O)NC)n3)nc2N1C1CCCC1. The van der Waals surface area contributed by atoms with Crippen molar-refractivity contribution in [3.05, 3.63) is 24.2 Å². The van der Waals surface area contributed by atoms with Crippen LogP contribution in [0.25, 0.3) is 5.95 Å².